The topological polar surface area (TPSA) is 0 Å². The van der Waals surface area contributed by atoms with Crippen LogP contribution in [0.5, 0.6) is 0 Å². The van der Waals surface area contributed by atoms with Gasteiger partial charge in [0.05, 0.1) is 0 Å². The minimum Gasteiger partial charge on any atom is -0.0877 e. The Morgan fingerprint density at radius 3 is 1.67 bits per heavy atom. The molecule has 0 bridgehead atoms. The van der Waals surface area contributed by atoms with Gasteiger partial charge in [0.15, 0.2) is 0 Å². The highest BCUT2D eigenvalue weighted by molar-refractivity contribution is 5.01. The van der Waals surface area contributed by atoms with Crippen LogP contribution in [0.25, 0.3) is 0 Å². The summed E-state index contributed by atoms with van der Waals surface area (Å²) in [5, 5.41) is 0. The zero-order chi connectivity index (χ0) is 8.81. The van der Waals surface area contributed by atoms with Gasteiger partial charge >= 0.3 is 0 Å². The van der Waals surface area contributed by atoms with E-state index >= 15 is 0 Å². The molecular weight excluding hydrogens is 144 g/mol. The van der Waals surface area contributed by atoms with E-state index in [9.17, 15) is 0 Å². The average Bonchev–Trinajstić information content (AvgIpc) is 2.05. The molecule has 0 amide bonds. The summed E-state index contributed by atoms with van der Waals surface area (Å²) >= 11 is 0. The van der Waals surface area contributed by atoms with Crippen LogP contribution in [0.1, 0.15) is 39.5 Å². The quantitative estimate of drug-likeness (QED) is 0.542. The molecular formula is C12H20. The van der Waals surface area contributed by atoms with E-state index in [4.69, 9.17) is 0 Å². The van der Waals surface area contributed by atoms with Crippen LogP contribution < -0.4 is 0 Å². The third kappa shape index (κ3) is 2.84. The molecule has 0 fully saturated rings. The summed E-state index contributed by atoms with van der Waals surface area (Å²) in [5.74, 6) is 1.58. The molecule has 0 heteroatoms. The first-order chi connectivity index (χ1) is 5.86. The van der Waals surface area contributed by atoms with Gasteiger partial charge in [-0.1, -0.05) is 38.2 Å². The molecule has 2 atom stereocenters. The molecule has 0 N–H and O–H groups in total. The lowest BCUT2D eigenvalue weighted by Crippen LogP contribution is -1.98. The van der Waals surface area contributed by atoms with Gasteiger partial charge in [-0.2, -0.15) is 0 Å². The van der Waals surface area contributed by atoms with E-state index in [2.05, 4.69) is 38.2 Å². The van der Waals surface area contributed by atoms with Gasteiger partial charge in [0.1, 0.15) is 0 Å². The Balaban J connectivity index is 2.47. The summed E-state index contributed by atoms with van der Waals surface area (Å²) in [6, 6.07) is 0. The maximum atomic E-state index is 2.40. The molecule has 68 valence electrons. The summed E-state index contributed by atoms with van der Waals surface area (Å²) in [6.45, 7) is 4.53. The second-order valence-corrected chi connectivity index (χ2v) is 3.66. The minimum absolute atomic E-state index is 0.791. The van der Waals surface area contributed by atoms with Crippen LogP contribution in [0, 0.1) is 11.8 Å². The minimum atomic E-state index is 0.791. The monoisotopic (exact) mass is 164 g/mol. The molecule has 0 heterocycles. The number of hydrogen-bond donors (Lipinski definition) is 0. The lowest BCUT2D eigenvalue weighted by Gasteiger charge is -2.13. The lowest BCUT2D eigenvalue weighted by atomic mass is 9.93. The van der Waals surface area contributed by atoms with Crippen LogP contribution in [0.2, 0.25) is 0 Å². The Hall–Kier alpha value is -0.520. The van der Waals surface area contributed by atoms with Gasteiger partial charge in [0.2, 0.25) is 0 Å². The first-order valence-corrected chi connectivity index (χ1v) is 5.20. The smallest absolute Gasteiger partial charge is 0.0202 e. The number of allylic oxidation sites excluding steroid dienone is 4. The predicted octanol–water partition coefficient (Wildman–Crippen LogP) is 3.95. The van der Waals surface area contributed by atoms with Crippen molar-refractivity contribution in [1.29, 1.82) is 0 Å². The van der Waals surface area contributed by atoms with Crippen molar-refractivity contribution in [2.45, 2.75) is 39.5 Å². The zero-order valence-corrected chi connectivity index (χ0v) is 8.29. The molecule has 0 saturated carbocycles. The van der Waals surface area contributed by atoms with Crippen LogP contribution in [-0.4, -0.2) is 0 Å². The molecule has 1 rings (SSSR count). The summed E-state index contributed by atoms with van der Waals surface area (Å²) in [4.78, 5) is 0. The predicted molar refractivity (Wildman–Crippen MR) is 55.1 cm³/mol. The van der Waals surface area contributed by atoms with E-state index in [1.165, 1.54) is 25.7 Å². The summed E-state index contributed by atoms with van der Waals surface area (Å²) in [7, 11) is 0. The largest absolute Gasteiger partial charge is 0.0877 e. The molecule has 0 aromatic rings. The van der Waals surface area contributed by atoms with Gasteiger partial charge in [-0.05, 0) is 37.5 Å². The summed E-state index contributed by atoms with van der Waals surface area (Å²) < 4.78 is 0. The van der Waals surface area contributed by atoms with E-state index in [-0.39, 0.29) is 0 Å². The molecule has 12 heavy (non-hydrogen) atoms. The number of rotatable bonds is 2. The maximum absolute atomic E-state index is 2.40. The molecule has 0 unspecified atom stereocenters. The molecule has 0 nitrogen and oxygen atoms in total. The fourth-order valence-corrected chi connectivity index (χ4v) is 1.65. The first kappa shape index (κ1) is 9.57. The second-order valence-electron chi connectivity index (χ2n) is 3.66. The van der Waals surface area contributed by atoms with Crippen molar-refractivity contribution >= 4 is 0 Å². The molecule has 0 aromatic heterocycles. The van der Waals surface area contributed by atoms with Crippen LogP contribution in [0.15, 0.2) is 24.3 Å². The summed E-state index contributed by atoms with van der Waals surface area (Å²) in [5.41, 5.74) is 0. The molecule has 0 spiro atoms. The second kappa shape index (κ2) is 5.18. The molecule has 0 aromatic carbocycles. The van der Waals surface area contributed by atoms with Crippen LogP contribution >= 0.6 is 0 Å². The highest BCUT2D eigenvalue weighted by Crippen LogP contribution is 2.19. The number of hydrogen-bond acceptors (Lipinski definition) is 0. The molecule has 1 aliphatic carbocycles. The van der Waals surface area contributed by atoms with E-state index in [1.54, 1.807) is 0 Å². The van der Waals surface area contributed by atoms with Crippen LogP contribution in [-0.2, 0) is 0 Å². The van der Waals surface area contributed by atoms with E-state index in [0.29, 0.717) is 0 Å². The molecule has 0 saturated heterocycles. The SMILES string of the molecule is CC[C@@H]1C=CC[C@H](CC)C=CC1. The van der Waals surface area contributed by atoms with Crippen molar-refractivity contribution in [3.05, 3.63) is 24.3 Å². The van der Waals surface area contributed by atoms with Gasteiger partial charge in [-0.25, -0.2) is 0 Å². The normalized spacial score (nSPS) is 29.8. The van der Waals surface area contributed by atoms with Gasteiger partial charge < -0.3 is 0 Å². The van der Waals surface area contributed by atoms with E-state index in [0.717, 1.165) is 11.8 Å². The fraction of sp³-hybridized carbons (Fsp3) is 0.667. The highest BCUT2D eigenvalue weighted by Gasteiger charge is 2.04. The highest BCUT2D eigenvalue weighted by atomic mass is 14.1. The molecule has 1 aliphatic rings. The third-order valence-electron chi connectivity index (χ3n) is 2.74. The van der Waals surface area contributed by atoms with E-state index < -0.39 is 0 Å². The Bertz CT molecular complexity index is 145. The average molecular weight is 164 g/mol. The van der Waals surface area contributed by atoms with Crippen LogP contribution in [0.4, 0.5) is 0 Å². The lowest BCUT2D eigenvalue weighted by molar-refractivity contribution is 0.590. The van der Waals surface area contributed by atoms with Gasteiger partial charge in [0.25, 0.3) is 0 Å². The van der Waals surface area contributed by atoms with E-state index in [1.807, 2.05) is 0 Å². The molecule has 0 aliphatic heterocycles. The standard InChI is InChI=1S/C12H20/c1-3-11-7-5-9-12(4-2)10-6-8-11/h5-7,10-12H,3-4,8-9H2,1-2H3/t11-,12+/m1/s1. The van der Waals surface area contributed by atoms with Crippen molar-refractivity contribution in [1.82, 2.24) is 0 Å². The Kier molecular flexibility index (Phi) is 4.13. The van der Waals surface area contributed by atoms with Crippen molar-refractivity contribution < 1.29 is 0 Å². The Labute approximate surface area is 76.4 Å². The van der Waals surface area contributed by atoms with Crippen molar-refractivity contribution in [3.63, 3.8) is 0 Å². The van der Waals surface area contributed by atoms with Gasteiger partial charge in [-0.15, -0.1) is 0 Å². The molecule has 0 radical (unpaired) electrons. The zero-order valence-electron chi connectivity index (χ0n) is 8.29. The van der Waals surface area contributed by atoms with Crippen molar-refractivity contribution in [2.75, 3.05) is 0 Å². The van der Waals surface area contributed by atoms with Crippen molar-refractivity contribution in [3.8, 4) is 0 Å². The Morgan fingerprint density at radius 2 is 1.33 bits per heavy atom. The van der Waals surface area contributed by atoms with Crippen LogP contribution in [0.3, 0.4) is 0 Å². The fourth-order valence-electron chi connectivity index (χ4n) is 1.65. The van der Waals surface area contributed by atoms with Gasteiger partial charge in [0, 0.05) is 0 Å². The third-order valence-corrected chi connectivity index (χ3v) is 2.74. The summed E-state index contributed by atoms with van der Waals surface area (Å²) in [6.07, 6.45) is 14.6. The van der Waals surface area contributed by atoms with Gasteiger partial charge in [-0.3, -0.25) is 0 Å². The first-order valence-electron chi connectivity index (χ1n) is 5.20. The maximum Gasteiger partial charge on any atom is -0.0202 e. The van der Waals surface area contributed by atoms with Crippen molar-refractivity contribution in [2.24, 2.45) is 11.8 Å². The Morgan fingerprint density at radius 1 is 0.917 bits per heavy atom.